The fourth-order valence-corrected chi connectivity index (χ4v) is 4.28. The lowest BCUT2D eigenvalue weighted by atomic mass is 10.1. The Labute approximate surface area is 182 Å². The number of amides is 1. The molecule has 1 atom stereocenters. The number of benzene rings is 2. The Bertz CT molecular complexity index is 999. The van der Waals surface area contributed by atoms with Gasteiger partial charge in [0.25, 0.3) is 0 Å². The highest BCUT2D eigenvalue weighted by atomic mass is 32.2. The predicted octanol–water partition coefficient (Wildman–Crippen LogP) is 3.00. The molecule has 0 saturated carbocycles. The van der Waals surface area contributed by atoms with Gasteiger partial charge in [0.05, 0.1) is 20.3 Å². The minimum absolute atomic E-state index is 0.00972. The lowest BCUT2D eigenvalue weighted by molar-refractivity contribution is -0.131. The van der Waals surface area contributed by atoms with Gasteiger partial charge in [0, 0.05) is 26.6 Å². The third-order valence-corrected chi connectivity index (χ3v) is 6.29. The SMILES string of the molecule is COc1ccc(S(=O)(=O)Oc2cc(CN(C[C@H]3CCCO3)C(C)=O)ccc2OC)cc1. The maximum atomic E-state index is 12.7. The van der Waals surface area contributed by atoms with E-state index in [-0.39, 0.29) is 28.4 Å². The van der Waals surface area contributed by atoms with Crippen molar-refractivity contribution in [1.29, 1.82) is 0 Å². The van der Waals surface area contributed by atoms with E-state index in [4.69, 9.17) is 18.4 Å². The van der Waals surface area contributed by atoms with Crippen LogP contribution in [0.5, 0.6) is 17.2 Å². The number of rotatable bonds is 9. The van der Waals surface area contributed by atoms with E-state index in [1.165, 1.54) is 33.3 Å². The standard InChI is InChI=1S/C22H27NO7S/c1-16(24)23(15-19-5-4-12-29-19)14-17-6-11-21(28-3)22(13-17)30-31(25,26)20-9-7-18(27-2)8-10-20/h6-11,13,19H,4-5,12,14-15H2,1-3H3/t19-/m1/s1. The Morgan fingerprint density at radius 3 is 2.42 bits per heavy atom. The lowest BCUT2D eigenvalue weighted by Crippen LogP contribution is -2.35. The molecule has 3 rings (SSSR count). The molecule has 0 bridgehead atoms. The molecule has 1 fully saturated rings. The van der Waals surface area contributed by atoms with Crippen LogP contribution in [0, 0.1) is 0 Å². The molecule has 168 valence electrons. The van der Waals surface area contributed by atoms with Crippen LogP contribution in [0.1, 0.15) is 25.3 Å². The van der Waals surface area contributed by atoms with Crippen LogP contribution in [0.4, 0.5) is 0 Å². The van der Waals surface area contributed by atoms with Gasteiger partial charge in [-0.3, -0.25) is 4.79 Å². The molecule has 0 radical (unpaired) electrons. The minimum atomic E-state index is -4.09. The zero-order valence-corrected chi connectivity index (χ0v) is 18.7. The van der Waals surface area contributed by atoms with Gasteiger partial charge in [-0.2, -0.15) is 8.42 Å². The molecule has 31 heavy (non-hydrogen) atoms. The van der Waals surface area contributed by atoms with Gasteiger partial charge in [-0.25, -0.2) is 0 Å². The molecule has 0 unspecified atom stereocenters. The second-order valence-corrected chi connectivity index (χ2v) is 8.78. The van der Waals surface area contributed by atoms with E-state index < -0.39 is 10.1 Å². The maximum absolute atomic E-state index is 12.7. The quantitative estimate of drug-likeness (QED) is 0.544. The van der Waals surface area contributed by atoms with Crippen LogP contribution in [0.15, 0.2) is 47.4 Å². The fraction of sp³-hybridized carbons (Fsp3) is 0.409. The third-order valence-electron chi connectivity index (χ3n) is 5.04. The zero-order chi connectivity index (χ0) is 22.4. The molecule has 0 spiro atoms. The van der Waals surface area contributed by atoms with Gasteiger partial charge in [-0.15, -0.1) is 0 Å². The normalized spacial score (nSPS) is 16.0. The summed E-state index contributed by atoms with van der Waals surface area (Å²) in [5.74, 6) is 0.777. The van der Waals surface area contributed by atoms with Crippen LogP contribution in [-0.4, -0.2) is 52.7 Å². The van der Waals surface area contributed by atoms with Gasteiger partial charge in [0.1, 0.15) is 10.6 Å². The molecular formula is C22H27NO7S. The first-order chi connectivity index (χ1) is 14.8. The number of carbonyl (C=O) groups excluding carboxylic acids is 1. The molecule has 1 amide bonds. The van der Waals surface area contributed by atoms with Gasteiger partial charge in [0.15, 0.2) is 11.5 Å². The molecule has 2 aromatic carbocycles. The summed E-state index contributed by atoms with van der Waals surface area (Å²) >= 11 is 0. The molecule has 1 aliphatic heterocycles. The molecule has 9 heteroatoms. The summed E-state index contributed by atoms with van der Waals surface area (Å²) in [7, 11) is -1.16. The molecule has 2 aromatic rings. The third kappa shape index (κ3) is 5.89. The van der Waals surface area contributed by atoms with Gasteiger partial charge in [-0.1, -0.05) is 6.07 Å². The van der Waals surface area contributed by atoms with Gasteiger partial charge in [-0.05, 0) is 54.8 Å². The van der Waals surface area contributed by atoms with Crippen LogP contribution in [0.2, 0.25) is 0 Å². The number of hydrogen-bond donors (Lipinski definition) is 0. The van der Waals surface area contributed by atoms with Crippen molar-refractivity contribution in [1.82, 2.24) is 4.90 Å². The highest BCUT2D eigenvalue weighted by molar-refractivity contribution is 7.87. The highest BCUT2D eigenvalue weighted by Gasteiger charge is 2.23. The molecule has 0 aliphatic carbocycles. The van der Waals surface area contributed by atoms with E-state index in [0.717, 1.165) is 12.8 Å². The van der Waals surface area contributed by atoms with Gasteiger partial charge in [0.2, 0.25) is 5.91 Å². The smallest absolute Gasteiger partial charge is 0.339 e. The fourth-order valence-electron chi connectivity index (χ4n) is 3.35. The summed E-state index contributed by atoms with van der Waals surface area (Å²) in [5.41, 5.74) is 0.717. The van der Waals surface area contributed by atoms with Crippen molar-refractivity contribution in [2.24, 2.45) is 0 Å². The summed E-state index contributed by atoms with van der Waals surface area (Å²) in [5, 5.41) is 0. The van der Waals surface area contributed by atoms with Crippen LogP contribution >= 0.6 is 0 Å². The van der Waals surface area contributed by atoms with E-state index in [2.05, 4.69) is 0 Å². The van der Waals surface area contributed by atoms with Crippen molar-refractivity contribution in [2.75, 3.05) is 27.4 Å². The van der Waals surface area contributed by atoms with Crippen LogP contribution < -0.4 is 13.7 Å². The van der Waals surface area contributed by atoms with E-state index in [9.17, 15) is 13.2 Å². The average molecular weight is 450 g/mol. The second-order valence-electron chi connectivity index (χ2n) is 7.23. The van der Waals surface area contributed by atoms with Crippen molar-refractivity contribution in [3.63, 3.8) is 0 Å². The van der Waals surface area contributed by atoms with E-state index >= 15 is 0 Å². The van der Waals surface area contributed by atoms with Gasteiger partial charge >= 0.3 is 10.1 Å². The van der Waals surface area contributed by atoms with E-state index in [1.807, 2.05) is 0 Å². The average Bonchev–Trinajstić information content (AvgIpc) is 3.26. The molecule has 1 heterocycles. The number of carbonyl (C=O) groups is 1. The number of hydrogen-bond acceptors (Lipinski definition) is 7. The Morgan fingerprint density at radius 1 is 1.10 bits per heavy atom. The van der Waals surface area contributed by atoms with E-state index in [1.54, 1.807) is 35.2 Å². The van der Waals surface area contributed by atoms with Crippen molar-refractivity contribution < 1.29 is 31.6 Å². The summed E-state index contributed by atoms with van der Waals surface area (Å²) in [6.45, 7) is 3.00. The first-order valence-corrected chi connectivity index (χ1v) is 11.4. The Balaban J connectivity index is 1.81. The summed E-state index contributed by atoms with van der Waals surface area (Å²) in [6.07, 6.45) is 1.93. The summed E-state index contributed by atoms with van der Waals surface area (Å²) < 4.78 is 46.8. The Morgan fingerprint density at radius 2 is 1.84 bits per heavy atom. The second kappa shape index (κ2) is 10.0. The van der Waals surface area contributed by atoms with Crippen molar-refractivity contribution in [3.8, 4) is 17.2 Å². The predicted molar refractivity (Wildman–Crippen MR) is 114 cm³/mol. The van der Waals surface area contributed by atoms with Crippen molar-refractivity contribution in [3.05, 3.63) is 48.0 Å². The minimum Gasteiger partial charge on any atom is -0.497 e. The lowest BCUT2D eigenvalue weighted by Gasteiger charge is -2.24. The number of methoxy groups -OCH3 is 2. The number of nitrogens with zero attached hydrogens (tertiary/aromatic N) is 1. The molecule has 1 aliphatic rings. The number of ether oxygens (including phenoxy) is 3. The molecule has 0 aromatic heterocycles. The van der Waals surface area contributed by atoms with E-state index in [0.29, 0.717) is 31.0 Å². The van der Waals surface area contributed by atoms with Crippen LogP contribution in [0.25, 0.3) is 0 Å². The van der Waals surface area contributed by atoms with Crippen LogP contribution in [0.3, 0.4) is 0 Å². The molecule has 8 nitrogen and oxygen atoms in total. The summed E-state index contributed by atoms with van der Waals surface area (Å²) in [6, 6.07) is 10.9. The molecular weight excluding hydrogens is 422 g/mol. The zero-order valence-electron chi connectivity index (χ0n) is 17.9. The van der Waals surface area contributed by atoms with Crippen molar-refractivity contribution >= 4 is 16.0 Å². The van der Waals surface area contributed by atoms with Gasteiger partial charge < -0.3 is 23.3 Å². The Kier molecular flexibility index (Phi) is 7.40. The monoisotopic (exact) mass is 449 g/mol. The first-order valence-electron chi connectivity index (χ1n) is 9.95. The van der Waals surface area contributed by atoms with Crippen LogP contribution in [-0.2, 0) is 26.2 Å². The first kappa shape index (κ1) is 22.9. The highest BCUT2D eigenvalue weighted by Crippen LogP contribution is 2.32. The maximum Gasteiger partial charge on any atom is 0.339 e. The van der Waals surface area contributed by atoms with Crippen molar-refractivity contribution in [2.45, 2.75) is 37.3 Å². The molecule has 0 N–H and O–H groups in total. The molecule has 1 saturated heterocycles. The summed E-state index contributed by atoms with van der Waals surface area (Å²) in [4.78, 5) is 13.8. The Hall–Kier alpha value is -2.78. The largest absolute Gasteiger partial charge is 0.497 e. The topological polar surface area (TPSA) is 91.4 Å².